The van der Waals surface area contributed by atoms with Gasteiger partial charge in [0.1, 0.15) is 4.88 Å². The maximum absolute atomic E-state index is 12.0. The third-order valence-corrected chi connectivity index (χ3v) is 6.98. The van der Waals surface area contributed by atoms with Crippen molar-refractivity contribution in [3.05, 3.63) is 15.8 Å². The standard InChI is InChI=1S/C10H15NO6S3/c1-3-19(14,15)5-4-11-20(16,17)9-6-8(10(12)13)18-7(9)2/h6,11H,3-5H2,1-2H3,(H,12,13). The molecule has 1 aromatic heterocycles. The van der Waals surface area contributed by atoms with Crippen molar-refractivity contribution in [2.75, 3.05) is 18.1 Å². The highest BCUT2D eigenvalue weighted by Gasteiger charge is 2.22. The Morgan fingerprint density at radius 2 is 1.95 bits per heavy atom. The maximum atomic E-state index is 12.0. The molecule has 0 amide bonds. The Bertz CT molecular complexity index is 701. The molecule has 1 aromatic rings. The number of aromatic carboxylic acids is 1. The molecular weight excluding hydrogens is 326 g/mol. The van der Waals surface area contributed by atoms with Crippen molar-refractivity contribution in [1.82, 2.24) is 4.72 Å². The zero-order chi connectivity index (χ0) is 15.6. The summed E-state index contributed by atoms with van der Waals surface area (Å²) < 4.78 is 48.7. The molecule has 0 saturated carbocycles. The summed E-state index contributed by atoms with van der Waals surface area (Å²) in [5, 5.41) is 8.82. The van der Waals surface area contributed by atoms with E-state index >= 15 is 0 Å². The lowest BCUT2D eigenvalue weighted by atomic mass is 10.4. The van der Waals surface area contributed by atoms with Crippen molar-refractivity contribution in [2.24, 2.45) is 0 Å². The molecular formula is C10H15NO6S3. The van der Waals surface area contributed by atoms with Crippen molar-refractivity contribution in [2.45, 2.75) is 18.7 Å². The predicted octanol–water partition coefficient (Wildman–Crippen LogP) is 0.468. The molecule has 0 bridgehead atoms. The highest BCUT2D eigenvalue weighted by molar-refractivity contribution is 7.91. The van der Waals surface area contributed by atoms with Crippen molar-refractivity contribution in [3.63, 3.8) is 0 Å². The first kappa shape index (κ1) is 17.1. The summed E-state index contributed by atoms with van der Waals surface area (Å²) >= 11 is 0.856. The van der Waals surface area contributed by atoms with E-state index in [0.717, 1.165) is 17.4 Å². The molecule has 0 aliphatic heterocycles. The van der Waals surface area contributed by atoms with Gasteiger partial charge >= 0.3 is 5.97 Å². The minimum Gasteiger partial charge on any atom is -0.477 e. The number of nitrogens with one attached hydrogen (secondary N) is 1. The molecule has 0 aliphatic rings. The number of thiophene rings is 1. The zero-order valence-electron chi connectivity index (χ0n) is 10.9. The van der Waals surface area contributed by atoms with Crippen LogP contribution >= 0.6 is 11.3 Å². The third kappa shape index (κ3) is 4.27. The van der Waals surface area contributed by atoms with Gasteiger partial charge in [0, 0.05) is 17.2 Å². The number of hydrogen-bond donors (Lipinski definition) is 2. The topological polar surface area (TPSA) is 118 Å². The number of carboxylic acids is 1. The first-order valence-corrected chi connectivity index (χ1v) is 9.75. The summed E-state index contributed by atoms with van der Waals surface area (Å²) in [5.74, 6) is -1.55. The number of sulfone groups is 1. The number of aryl methyl sites for hydroxylation is 1. The summed E-state index contributed by atoms with van der Waals surface area (Å²) in [6, 6.07) is 1.07. The Balaban J connectivity index is 2.87. The second-order valence-electron chi connectivity index (χ2n) is 3.97. The van der Waals surface area contributed by atoms with Gasteiger partial charge in [-0.2, -0.15) is 0 Å². The smallest absolute Gasteiger partial charge is 0.345 e. The van der Waals surface area contributed by atoms with Crippen LogP contribution in [0, 0.1) is 6.92 Å². The highest BCUT2D eigenvalue weighted by atomic mass is 32.2. The van der Waals surface area contributed by atoms with Gasteiger partial charge in [-0.15, -0.1) is 11.3 Å². The van der Waals surface area contributed by atoms with Crippen LogP contribution < -0.4 is 4.72 Å². The van der Waals surface area contributed by atoms with Gasteiger partial charge in [0.25, 0.3) is 0 Å². The van der Waals surface area contributed by atoms with Crippen LogP contribution in [0.15, 0.2) is 11.0 Å². The summed E-state index contributed by atoms with van der Waals surface area (Å²) in [6.45, 7) is 2.73. The zero-order valence-corrected chi connectivity index (χ0v) is 13.4. The minimum atomic E-state index is -3.90. The Kier molecular flexibility index (Phi) is 5.30. The second-order valence-corrected chi connectivity index (χ2v) is 9.43. The van der Waals surface area contributed by atoms with Crippen molar-refractivity contribution in [3.8, 4) is 0 Å². The van der Waals surface area contributed by atoms with Gasteiger partial charge in [-0.1, -0.05) is 6.92 Å². The summed E-state index contributed by atoms with van der Waals surface area (Å²) in [4.78, 5) is 10.9. The van der Waals surface area contributed by atoms with Gasteiger partial charge in [-0.3, -0.25) is 0 Å². The van der Waals surface area contributed by atoms with Crippen LogP contribution in [-0.4, -0.2) is 46.0 Å². The predicted molar refractivity (Wildman–Crippen MR) is 75.5 cm³/mol. The number of carbonyl (C=O) groups is 1. The van der Waals surface area contributed by atoms with E-state index in [4.69, 9.17) is 5.11 Å². The van der Waals surface area contributed by atoms with Crippen LogP contribution in [-0.2, 0) is 19.9 Å². The van der Waals surface area contributed by atoms with Gasteiger partial charge in [0.15, 0.2) is 9.84 Å². The average Bonchev–Trinajstić information content (AvgIpc) is 2.72. The van der Waals surface area contributed by atoms with Crippen LogP contribution in [0.25, 0.3) is 0 Å². The normalized spacial score (nSPS) is 12.5. The van der Waals surface area contributed by atoms with E-state index in [1.807, 2.05) is 0 Å². The number of sulfonamides is 1. The van der Waals surface area contributed by atoms with E-state index < -0.39 is 25.8 Å². The third-order valence-electron chi connectivity index (χ3n) is 2.52. The van der Waals surface area contributed by atoms with Gasteiger partial charge in [-0.25, -0.2) is 26.4 Å². The Morgan fingerprint density at radius 1 is 1.35 bits per heavy atom. The van der Waals surface area contributed by atoms with E-state index in [1.54, 1.807) is 0 Å². The molecule has 0 aromatic carbocycles. The number of carboxylic acid groups (broad SMARTS) is 1. The molecule has 0 aliphatic carbocycles. The van der Waals surface area contributed by atoms with E-state index in [0.29, 0.717) is 4.88 Å². The van der Waals surface area contributed by atoms with Crippen LogP contribution in [0.2, 0.25) is 0 Å². The van der Waals surface area contributed by atoms with Crippen LogP contribution in [0.3, 0.4) is 0 Å². The molecule has 2 N–H and O–H groups in total. The lowest BCUT2D eigenvalue weighted by molar-refractivity contribution is 0.0702. The van der Waals surface area contributed by atoms with Crippen molar-refractivity contribution < 1.29 is 26.7 Å². The Hall–Kier alpha value is -0.970. The fourth-order valence-corrected chi connectivity index (χ4v) is 4.68. The molecule has 0 atom stereocenters. The number of hydrogen-bond acceptors (Lipinski definition) is 6. The Labute approximate surface area is 121 Å². The molecule has 0 fully saturated rings. The summed E-state index contributed by atoms with van der Waals surface area (Å²) in [6.07, 6.45) is 0. The molecule has 0 radical (unpaired) electrons. The first-order valence-electron chi connectivity index (χ1n) is 5.63. The molecule has 114 valence electrons. The fraction of sp³-hybridized carbons (Fsp3) is 0.500. The molecule has 7 nitrogen and oxygen atoms in total. The van der Waals surface area contributed by atoms with E-state index in [2.05, 4.69) is 4.72 Å². The molecule has 0 saturated heterocycles. The second kappa shape index (κ2) is 6.20. The molecule has 0 spiro atoms. The molecule has 0 unspecified atom stereocenters. The van der Waals surface area contributed by atoms with E-state index in [9.17, 15) is 21.6 Å². The first-order chi connectivity index (χ1) is 9.09. The van der Waals surface area contributed by atoms with Gasteiger partial charge < -0.3 is 5.11 Å². The monoisotopic (exact) mass is 341 g/mol. The largest absolute Gasteiger partial charge is 0.477 e. The molecule has 10 heteroatoms. The minimum absolute atomic E-state index is 0.0601. The SMILES string of the molecule is CCS(=O)(=O)CCNS(=O)(=O)c1cc(C(=O)O)sc1C. The van der Waals surface area contributed by atoms with Crippen LogP contribution in [0.4, 0.5) is 0 Å². The summed E-state index contributed by atoms with van der Waals surface area (Å²) in [5.41, 5.74) is 0. The van der Waals surface area contributed by atoms with Crippen molar-refractivity contribution >= 4 is 37.2 Å². The van der Waals surface area contributed by atoms with E-state index in [-0.39, 0.29) is 27.8 Å². The molecule has 20 heavy (non-hydrogen) atoms. The Morgan fingerprint density at radius 3 is 2.40 bits per heavy atom. The van der Waals surface area contributed by atoms with Crippen LogP contribution in [0.5, 0.6) is 0 Å². The van der Waals surface area contributed by atoms with Crippen molar-refractivity contribution in [1.29, 1.82) is 0 Å². The molecule has 1 rings (SSSR count). The lowest BCUT2D eigenvalue weighted by Gasteiger charge is -2.06. The molecule has 1 heterocycles. The van der Waals surface area contributed by atoms with Gasteiger partial charge in [-0.05, 0) is 13.0 Å². The van der Waals surface area contributed by atoms with E-state index in [1.165, 1.54) is 13.8 Å². The average molecular weight is 341 g/mol. The van der Waals surface area contributed by atoms with Gasteiger partial charge in [0.2, 0.25) is 10.0 Å². The fourth-order valence-electron chi connectivity index (χ4n) is 1.39. The van der Waals surface area contributed by atoms with Gasteiger partial charge in [0.05, 0.1) is 10.6 Å². The lowest BCUT2D eigenvalue weighted by Crippen LogP contribution is -2.29. The highest BCUT2D eigenvalue weighted by Crippen LogP contribution is 2.25. The van der Waals surface area contributed by atoms with Crippen LogP contribution in [0.1, 0.15) is 21.5 Å². The summed E-state index contributed by atoms with van der Waals surface area (Å²) in [7, 11) is -7.16. The quantitative estimate of drug-likeness (QED) is 0.744. The number of rotatable bonds is 7. The maximum Gasteiger partial charge on any atom is 0.345 e.